The predicted molar refractivity (Wildman–Crippen MR) is 424 cm³/mol. The third-order valence-electron chi connectivity index (χ3n) is 18.1. The van der Waals surface area contributed by atoms with Gasteiger partial charge < -0.3 is 82.4 Å². The molecule has 10 atom stereocenters. The molecule has 0 radical (unpaired) electrons. The Morgan fingerprint density at radius 2 is 0.771 bits per heavy atom. The standard InChI is InChI=1S/C21H30N2O6.C15H19NO5.2C13H25FN2O2.C13H26N2O3.5CH4/c1-21(2,3)29-19(25)22(4)16-11-12-23(17(13-16)18(24)27-5)20(26)28-14-15-9-7-6-8-10-15;1-20-14(18)13-9-12(17)7-8-16(13)15(19)21-10-11-5-3-2-4-6-11;1-13(2,3)18-12(17)16(5)11-6-7-15(4)9-10(14)8-11;1-13(2,3)18-12(17)16(5)10-6-7-15(4)11(8-10)9-14;1-13(2,3)18-12(17)15(5)10-6-7-14(4)11(8-10)9-16;;;;;/h6-10,16-17H,11-14H2,1-5H3;2-6,12-13,17H,7-10H2,1H3;2*10-11H,6-9H2,1-5H3;10-11,16H,6-9H2,1-5H3;5*1H4. The van der Waals surface area contributed by atoms with Gasteiger partial charge in [-0.05, 0) is 173 Å². The summed E-state index contributed by atoms with van der Waals surface area (Å²) in [4.78, 5) is 112. The smallest absolute Gasteiger partial charge is 0.410 e. The first-order valence-corrected chi connectivity index (χ1v) is 35.9. The van der Waals surface area contributed by atoms with Gasteiger partial charge in [-0.2, -0.15) is 0 Å². The van der Waals surface area contributed by atoms with Crippen LogP contribution in [0.1, 0.15) is 196 Å². The fraction of sp³-hybridized carbons (Fsp3) is 0.750. The molecule has 0 spiro atoms. The van der Waals surface area contributed by atoms with E-state index >= 15 is 0 Å². The van der Waals surface area contributed by atoms with Crippen molar-refractivity contribution in [1.82, 2.24) is 44.1 Å². The van der Waals surface area contributed by atoms with Crippen molar-refractivity contribution in [3.63, 3.8) is 0 Å². The molecule has 2 aromatic rings. The zero-order valence-corrected chi connectivity index (χ0v) is 65.9. The van der Waals surface area contributed by atoms with Crippen molar-refractivity contribution in [3.8, 4) is 0 Å². The molecule has 0 bridgehead atoms. The number of likely N-dealkylation sites (N-methyl/N-ethyl adjacent to an activating group) is 1. The minimum absolute atomic E-state index is 0. The summed E-state index contributed by atoms with van der Waals surface area (Å²) in [5.41, 5.74) is -0.354. The molecule has 0 aromatic heterocycles. The number of aliphatic hydroxyl groups excluding tert-OH is 2. The van der Waals surface area contributed by atoms with Gasteiger partial charge in [0.2, 0.25) is 0 Å². The second kappa shape index (κ2) is 49.8. The van der Waals surface area contributed by atoms with Crippen molar-refractivity contribution in [1.29, 1.82) is 0 Å². The van der Waals surface area contributed by atoms with Crippen LogP contribution in [0.5, 0.6) is 0 Å². The van der Waals surface area contributed by atoms with Crippen molar-refractivity contribution in [2.75, 3.05) is 116 Å². The highest BCUT2D eigenvalue weighted by Gasteiger charge is 2.42. The molecule has 5 heterocycles. The molecule has 5 aliphatic heterocycles. The zero-order chi connectivity index (χ0) is 78.6. The van der Waals surface area contributed by atoms with E-state index in [1.807, 2.05) is 154 Å². The van der Waals surface area contributed by atoms with Gasteiger partial charge in [0.05, 0.1) is 26.9 Å². The molecule has 6 amide bonds. The second-order valence-electron chi connectivity index (χ2n) is 31.3. The number of amides is 6. The Labute approximate surface area is 653 Å². The summed E-state index contributed by atoms with van der Waals surface area (Å²) in [5, 5.41) is 19.0. The molecular weight excluding hydrogens is 1410 g/mol. The van der Waals surface area contributed by atoms with Crippen molar-refractivity contribution >= 4 is 48.5 Å². The number of rotatable bonds is 12. The van der Waals surface area contributed by atoms with Crippen LogP contribution < -0.4 is 0 Å². The normalized spacial score (nSPS) is 22.2. The zero-order valence-electron chi connectivity index (χ0n) is 65.9. The first-order valence-electron chi connectivity index (χ1n) is 35.9. The monoisotopic (exact) mass is 1560 g/mol. The molecule has 5 fully saturated rings. The van der Waals surface area contributed by atoms with Crippen molar-refractivity contribution < 1.29 is 95.2 Å². The van der Waals surface area contributed by atoms with E-state index < -0.39 is 77.0 Å². The van der Waals surface area contributed by atoms with E-state index in [0.29, 0.717) is 32.2 Å². The molecule has 109 heavy (non-hydrogen) atoms. The van der Waals surface area contributed by atoms with Gasteiger partial charge in [-0.25, -0.2) is 47.1 Å². The highest BCUT2D eigenvalue weighted by Crippen LogP contribution is 2.28. The third kappa shape index (κ3) is 38.4. The Morgan fingerprint density at radius 3 is 1.12 bits per heavy atom. The first kappa shape index (κ1) is 106. The maximum Gasteiger partial charge on any atom is 0.410 e. The topological polar surface area (TPSA) is 280 Å². The van der Waals surface area contributed by atoms with Crippen LogP contribution in [-0.4, -0.2) is 302 Å². The fourth-order valence-corrected chi connectivity index (χ4v) is 12.0. The predicted octanol–water partition coefficient (Wildman–Crippen LogP) is 13.6. The number of hydrogen-bond acceptors (Lipinski definition) is 21. The van der Waals surface area contributed by atoms with Crippen LogP contribution in [0, 0.1) is 0 Å². The Morgan fingerprint density at radius 1 is 0.459 bits per heavy atom. The van der Waals surface area contributed by atoms with E-state index in [-0.39, 0.29) is 144 Å². The number of aliphatic hydroxyl groups is 2. The quantitative estimate of drug-likeness (QED) is 0.147. The Bertz CT molecular complexity index is 2900. The Hall–Kier alpha value is -7.34. The molecule has 5 saturated heterocycles. The number of alkyl halides is 2. The largest absolute Gasteiger partial charge is 0.467 e. The lowest BCUT2D eigenvalue weighted by Gasteiger charge is -2.40. The van der Waals surface area contributed by atoms with Crippen molar-refractivity contribution in [2.24, 2.45) is 0 Å². The molecule has 7 rings (SSSR count). The highest BCUT2D eigenvalue weighted by molar-refractivity contribution is 5.82. The first-order chi connectivity index (χ1) is 48.4. The number of esters is 2. The van der Waals surface area contributed by atoms with E-state index in [9.17, 15) is 57.4 Å². The molecule has 2 N–H and O–H groups in total. The van der Waals surface area contributed by atoms with Crippen LogP contribution in [-0.2, 0) is 60.7 Å². The molecule has 632 valence electrons. The van der Waals surface area contributed by atoms with Gasteiger partial charge in [0, 0.05) is 110 Å². The lowest BCUT2D eigenvalue weighted by atomic mass is 9.96. The minimum atomic E-state index is -0.882. The van der Waals surface area contributed by atoms with E-state index in [1.54, 1.807) is 58.8 Å². The van der Waals surface area contributed by atoms with E-state index in [4.69, 9.17) is 33.2 Å². The van der Waals surface area contributed by atoms with Gasteiger partial charge >= 0.3 is 48.5 Å². The number of carbonyl (C=O) groups excluding carboxylic acids is 8. The van der Waals surface area contributed by atoms with E-state index in [0.717, 1.165) is 56.4 Å². The van der Waals surface area contributed by atoms with Crippen LogP contribution in [0.2, 0.25) is 0 Å². The Kier molecular flexibility index (Phi) is 48.4. The van der Waals surface area contributed by atoms with Gasteiger partial charge in [-0.3, -0.25) is 9.80 Å². The third-order valence-corrected chi connectivity index (χ3v) is 18.1. The summed E-state index contributed by atoms with van der Waals surface area (Å²) in [6.07, 6.45) is 1.69. The minimum Gasteiger partial charge on any atom is -0.467 e. The van der Waals surface area contributed by atoms with Crippen molar-refractivity contribution in [3.05, 3.63) is 71.8 Å². The maximum atomic E-state index is 13.7. The number of piperidine rings is 4. The molecule has 0 saturated carbocycles. The van der Waals surface area contributed by atoms with E-state index in [2.05, 4.69) is 9.64 Å². The highest BCUT2D eigenvalue weighted by atomic mass is 19.1. The number of methoxy groups -OCH3 is 2. The molecule has 2 aromatic carbocycles. The second-order valence-corrected chi connectivity index (χ2v) is 31.3. The SMILES string of the molecule is C.C.C.C.C.CN1CCC(N(C)C(=O)OC(C)(C)C)CC(F)C1.CN1CCC(N(C)C(=O)OC(C)(C)C)CC1CF.CN1CCC(N(C)C(=O)OC(C)(C)C)CC1CO.COC(=O)C1CC(N(C)C(=O)OC(C)(C)C)CCN1C(=O)OCc1ccccc1.COC(=O)C1CC(O)CCN1C(=O)OCc1ccccc1. The van der Waals surface area contributed by atoms with Crippen LogP contribution in [0.3, 0.4) is 0 Å². The number of benzene rings is 2. The number of halogens is 2. The van der Waals surface area contributed by atoms with Crippen LogP contribution in [0.4, 0.5) is 37.5 Å². The van der Waals surface area contributed by atoms with Gasteiger partial charge in [-0.15, -0.1) is 0 Å². The molecule has 29 heteroatoms. The average Bonchev–Trinajstić information content (AvgIpc) is 1.22. The molecule has 0 aliphatic carbocycles. The van der Waals surface area contributed by atoms with Gasteiger partial charge in [0.1, 0.15) is 60.5 Å². The number of carbonyl (C=O) groups is 8. The number of likely N-dealkylation sites (tertiary alicyclic amines) is 5. The summed E-state index contributed by atoms with van der Waals surface area (Å²) >= 11 is 0. The lowest BCUT2D eigenvalue weighted by Crippen LogP contribution is -2.55. The van der Waals surface area contributed by atoms with Crippen LogP contribution in [0.25, 0.3) is 0 Å². The summed E-state index contributed by atoms with van der Waals surface area (Å²) < 4.78 is 68.1. The number of nitrogens with zero attached hydrogens (tertiary/aromatic N) is 9. The lowest BCUT2D eigenvalue weighted by molar-refractivity contribution is -0.149. The van der Waals surface area contributed by atoms with Crippen LogP contribution in [0.15, 0.2) is 60.7 Å². The fourth-order valence-electron chi connectivity index (χ4n) is 12.0. The number of hydrogen-bond donors (Lipinski definition) is 2. The summed E-state index contributed by atoms with van der Waals surface area (Å²) in [5.74, 6) is -1.07. The summed E-state index contributed by atoms with van der Waals surface area (Å²) in [6.45, 7) is 25.5. The number of ether oxygens (including phenoxy) is 8. The van der Waals surface area contributed by atoms with E-state index in [1.165, 1.54) is 33.8 Å². The van der Waals surface area contributed by atoms with Gasteiger partial charge in [0.15, 0.2) is 0 Å². The average molecular weight is 1560 g/mol. The summed E-state index contributed by atoms with van der Waals surface area (Å²) in [6, 6.07) is 16.9. The molecule has 5 aliphatic rings. The Balaban J connectivity index is -0.00000129. The molecular formula is C80H145F2N9O18. The molecule has 10 unspecified atom stereocenters. The van der Waals surface area contributed by atoms with Gasteiger partial charge in [-0.1, -0.05) is 97.8 Å². The van der Waals surface area contributed by atoms with Crippen molar-refractivity contribution in [2.45, 2.75) is 281 Å². The summed E-state index contributed by atoms with van der Waals surface area (Å²) in [7, 11) is 15.2. The van der Waals surface area contributed by atoms with Gasteiger partial charge in [0.25, 0.3) is 0 Å². The maximum absolute atomic E-state index is 13.7. The molecule has 27 nitrogen and oxygen atoms in total. The van der Waals surface area contributed by atoms with Crippen LogP contribution >= 0.6 is 0 Å².